The van der Waals surface area contributed by atoms with Crippen molar-refractivity contribution < 1.29 is 19.4 Å². The molecular formula is C38H47NO4. The number of carbonyl (C=O) groups excluding carboxylic acids is 2. The molecule has 5 aliphatic rings. The van der Waals surface area contributed by atoms with E-state index >= 15 is 0 Å². The number of ketones is 1. The van der Waals surface area contributed by atoms with Gasteiger partial charge in [-0.3, -0.25) is 14.6 Å². The van der Waals surface area contributed by atoms with Crippen LogP contribution in [0.4, 0.5) is 0 Å². The van der Waals surface area contributed by atoms with Gasteiger partial charge in [0.1, 0.15) is 11.9 Å². The molecule has 3 fully saturated rings. The summed E-state index contributed by atoms with van der Waals surface area (Å²) in [5.74, 6) is 1.90. The van der Waals surface area contributed by atoms with Crippen molar-refractivity contribution in [2.45, 2.75) is 84.8 Å². The number of aliphatic hydroxyl groups excluding tert-OH is 1. The number of benzene rings is 2. The maximum absolute atomic E-state index is 14.3. The molecule has 0 bridgehead atoms. The maximum atomic E-state index is 14.3. The number of ether oxygens (including phenoxy) is 1. The lowest BCUT2D eigenvalue weighted by molar-refractivity contribution is -0.150. The average Bonchev–Trinajstić information content (AvgIpc) is 3.50. The molecule has 9 unspecified atom stereocenters. The highest BCUT2D eigenvalue weighted by molar-refractivity contribution is 6.08. The zero-order chi connectivity index (χ0) is 30.6. The zero-order valence-corrected chi connectivity index (χ0v) is 26.4. The number of nitrogens with zero attached hydrogens (tertiary/aromatic N) is 1. The van der Waals surface area contributed by atoms with Crippen LogP contribution in [0.25, 0.3) is 0 Å². The highest BCUT2D eigenvalue weighted by Gasteiger charge is 2.74. The Morgan fingerprint density at radius 1 is 0.907 bits per heavy atom. The van der Waals surface area contributed by atoms with Crippen molar-refractivity contribution in [1.82, 2.24) is 0 Å². The fourth-order valence-electron chi connectivity index (χ4n) is 10.9. The molecular weight excluding hydrogens is 534 g/mol. The molecule has 228 valence electrons. The molecule has 0 saturated heterocycles. The van der Waals surface area contributed by atoms with Gasteiger partial charge in [-0.1, -0.05) is 86.2 Å². The second-order valence-corrected chi connectivity index (χ2v) is 14.1. The molecule has 2 aromatic rings. The van der Waals surface area contributed by atoms with Crippen LogP contribution in [0.3, 0.4) is 0 Å². The molecule has 2 aromatic carbocycles. The summed E-state index contributed by atoms with van der Waals surface area (Å²) >= 11 is 0. The number of hydrogen-bond acceptors (Lipinski definition) is 5. The number of rotatable bonds is 4. The summed E-state index contributed by atoms with van der Waals surface area (Å²) in [5, 5.41) is 7.00. The standard InChI is InChI=1S/C37H43NO3.CH4O/c1-23(39)37-32(33(25-11-7-5-8-12-25)38-34(37)26-13-9-6-10-14-26)22-31-29-16-15-27-21-28(41-24(2)40)17-19-35(27,3)30(29)18-20-36(31,37)4;1-2/h5-15,28-32,34H,16-22H2,1-4H3;2H,1H3. The van der Waals surface area contributed by atoms with E-state index in [2.05, 4.69) is 80.6 Å². The Morgan fingerprint density at radius 3 is 2.23 bits per heavy atom. The van der Waals surface area contributed by atoms with E-state index in [9.17, 15) is 9.59 Å². The van der Waals surface area contributed by atoms with E-state index in [1.807, 2.05) is 6.92 Å². The second-order valence-electron chi connectivity index (χ2n) is 14.1. The van der Waals surface area contributed by atoms with Crippen molar-refractivity contribution in [2.24, 2.45) is 44.9 Å². The van der Waals surface area contributed by atoms with Crippen LogP contribution >= 0.6 is 0 Å². The average molecular weight is 582 g/mol. The van der Waals surface area contributed by atoms with Crippen LogP contribution in [-0.4, -0.2) is 35.8 Å². The monoisotopic (exact) mass is 581 g/mol. The highest BCUT2D eigenvalue weighted by Crippen LogP contribution is 2.76. The van der Waals surface area contributed by atoms with Crippen LogP contribution in [0.5, 0.6) is 0 Å². The van der Waals surface area contributed by atoms with Crippen LogP contribution in [-0.2, 0) is 14.3 Å². The van der Waals surface area contributed by atoms with E-state index < -0.39 is 5.41 Å². The topological polar surface area (TPSA) is 76.0 Å². The van der Waals surface area contributed by atoms with Crippen molar-refractivity contribution >= 4 is 17.5 Å². The SMILES string of the molecule is CC(=O)OC1CCC2(C)C(=CCC3C2CCC2(C)C3CC3C(c4ccccc4)=NC(c4ccccc4)C32C(C)=O)C1.CO. The number of fused-ring (bicyclic) bond motifs is 7. The number of aliphatic hydroxyl groups is 1. The third kappa shape index (κ3) is 4.32. The third-order valence-electron chi connectivity index (χ3n) is 12.6. The van der Waals surface area contributed by atoms with Crippen LogP contribution in [0, 0.1) is 39.9 Å². The van der Waals surface area contributed by atoms with Gasteiger partial charge in [-0.25, -0.2) is 0 Å². The summed E-state index contributed by atoms with van der Waals surface area (Å²) in [4.78, 5) is 31.5. The van der Waals surface area contributed by atoms with Gasteiger partial charge in [-0.15, -0.1) is 0 Å². The Bertz CT molecular complexity index is 1430. The fourth-order valence-corrected chi connectivity index (χ4v) is 10.9. The lowest BCUT2D eigenvalue weighted by Gasteiger charge is -2.60. The van der Waals surface area contributed by atoms with Crippen molar-refractivity contribution in [3.05, 3.63) is 83.4 Å². The van der Waals surface area contributed by atoms with Gasteiger partial charge in [-0.2, -0.15) is 0 Å². The van der Waals surface area contributed by atoms with Crippen LogP contribution < -0.4 is 0 Å². The Balaban J connectivity index is 0.00000161. The van der Waals surface area contributed by atoms with E-state index in [-0.39, 0.29) is 34.9 Å². The summed E-state index contributed by atoms with van der Waals surface area (Å²) < 4.78 is 5.67. The van der Waals surface area contributed by atoms with Gasteiger partial charge >= 0.3 is 5.97 Å². The number of Topliss-reactive ketones (excluding diaryl/α,β-unsaturated/α-hetero) is 1. The molecule has 7 rings (SSSR count). The lowest BCUT2D eigenvalue weighted by atomic mass is 9.44. The van der Waals surface area contributed by atoms with E-state index in [1.165, 1.54) is 23.6 Å². The summed E-state index contributed by atoms with van der Waals surface area (Å²) in [6, 6.07) is 21.1. The predicted molar refractivity (Wildman–Crippen MR) is 170 cm³/mol. The number of carbonyl (C=O) groups is 2. The Hall–Kier alpha value is -3.05. The van der Waals surface area contributed by atoms with Crippen molar-refractivity contribution in [3.8, 4) is 0 Å². The van der Waals surface area contributed by atoms with E-state index in [0.717, 1.165) is 57.8 Å². The molecule has 0 radical (unpaired) electrons. The first-order chi connectivity index (χ1) is 20.7. The smallest absolute Gasteiger partial charge is 0.302 e. The first kappa shape index (κ1) is 30.0. The Morgan fingerprint density at radius 2 is 1.58 bits per heavy atom. The van der Waals surface area contributed by atoms with Gasteiger partial charge in [0.05, 0.1) is 11.5 Å². The van der Waals surface area contributed by atoms with Crippen LogP contribution in [0.1, 0.15) is 89.8 Å². The summed E-state index contributed by atoms with van der Waals surface area (Å²) in [6.45, 7) is 8.34. The number of hydrogen-bond donors (Lipinski definition) is 1. The molecule has 4 aliphatic carbocycles. The zero-order valence-electron chi connectivity index (χ0n) is 26.4. The molecule has 0 spiro atoms. The van der Waals surface area contributed by atoms with Gasteiger partial charge in [0, 0.05) is 32.1 Å². The molecule has 43 heavy (non-hydrogen) atoms. The predicted octanol–water partition coefficient (Wildman–Crippen LogP) is 7.54. The van der Waals surface area contributed by atoms with E-state index in [0.29, 0.717) is 23.5 Å². The molecule has 0 aromatic heterocycles. The first-order valence-corrected chi connectivity index (χ1v) is 16.2. The first-order valence-electron chi connectivity index (χ1n) is 16.2. The van der Waals surface area contributed by atoms with Crippen LogP contribution in [0.2, 0.25) is 0 Å². The van der Waals surface area contributed by atoms with E-state index in [1.54, 1.807) is 0 Å². The normalized spacial score (nSPS) is 39.0. The molecule has 5 nitrogen and oxygen atoms in total. The number of allylic oxidation sites excluding steroid dienone is 1. The number of aliphatic imine (C=N–C) groups is 1. The Kier molecular flexibility index (Phi) is 7.77. The molecule has 3 saturated carbocycles. The fraction of sp³-hybridized carbons (Fsp3) is 0.553. The van der Waals surface area contributed by atoms with Gasteiger partial charge in [0.2, 0.25) is 0 Å². The minimum Gasteiger partial charge on any atom is -0.462 e. The van der Waals surface area contributed by atoms with Crippen LogP contribution in [0.15, 0.2) is 77.3 Å². The molecule has 1 N–H and O–H groups in total. The second kappa shape index (κ2) is 11.1. The van der Waals surface area contributed by atoms with Crippen molar-refractivity contribution in [3.63, 3.8) is 0 Å². The summed E-state index contributed by atoms with van der Waals surface area (Å²) in [5.41, 5.74) is 4.48. The Labute approximate surface area is 256 Å². The number of esters is 1. The molecule has 1 aliphatic heterocycles. The van der Waals surface area contributed by atoms with Crippen molar-refractivity contribution in [2.75, 3.05) is 7.11 Å². The molecule has 1 heterocycles. The summed E-state index contributed by atoms with van der Waals surface area (Å²) in [6.07, 6.45) is 9.73. The van der Waals surface area contributed by atoms with Gasteiger partial charge < -0.3 is 9.84 Å². The third-order valence-corrected chi connectivity index (χ3v) is 12.6. The highest BCUT2D eigenvalue weighted by atomic mass is 16.5. The van der Waals surface area contributed by atoms with Gasteiger partial charge in [0.25, 0.3) is 0 Å². The van der Waals surface area contributed by atoms with Gasteiger partial charge in [-0.05, 0) is 85.2 Å². The maximum Gasteiger partial charge on any atom is 0.302 e. The lowest BCUT2D eigenvalue weighted by Crippen LogP contribution is -2.56. The molecule has 5 heteroatoms. The molecule has 0 amide bonds. The summed E-state index contributed by atoms with van der Waals surface area (Å²) in [7, 11) is 1.00. The molecule has 9 atom stereocenters. The van der Waals surface area contributed by atoms with Crippen molar-refractivity contribution in [1.29, 1.82) is 0 Å². The van der Waals surface area contributed by atoms with E-state index in [4.69, 9.17) is 14.8 Å². The minimum atomic E-state index is -0.535. The largest absolute Gasteiger partial charge is 0.462 e. The minimum absolute atomic E-state index is 0.0142. The quantitative estimate of drug-likeness (QED) is 0.299. The van der Waals surface area contributed by atoms with Gasteiger partial charge in [0.15, 0.2) is 0 Å².